The van der Waals surface area contributed by atoms with E-state index in [1.165, 1.54) is 0 Å². The summed E-state index contributed by atoms with van der Waals surface area (Å²) in [6.07, 6.45) is 0. The van der Waals surface area contributed by atoms with Gasteiger partial charge in [0.25, 0.3) is 5.92 Å². The van der Waals surface area contributed by atoms with Crippen molar-refractivity contribution in [3.8, 4) is 11.5 Å². The van der Waals surface area contributed by atoms with Gasteiger partial charge in [-0.3, -0.25) is 0 Å². The van der Waals surface area contributed by atoms with Crippen LogP contribution in [0.25, 0.3) is 0 Å². The van der Waals surface area contributed by atoms with Crippen LogP contribution in [-0.4, -0.2) is 12.2 Å². The van der Waals surface area contributed by atoms with E-state index in [1.807, 2.05) is 0 Å². The average molecular weight is 206 g/mol. The predicted molar refractivity (Wildman–Crippen MR) is 44.2 cm³/mol. The lowest BCUT2D eigenvalue weighted by Gasteiger charge is -2.12. The summed E-state index contributed by atoms with van der Waals surface area (Å²) in [4.78, 5) is 0. The number of benzene rings is 1. The highest BCUT2D eigenvalue weighted by atomic mass is 19.3. The maximum absolute atomic E-state index is 13.0. The van der Waals surface area contributed by atoms with Crippen molar-refractivity contribution in [2.24, 2.45) is 0 Å². The van der Waals surface area contributed by atoms with Crippen LogP contribution in [0, 0.1) is 5.82 Å². The summed E-state index contributed by atoms with van der Waals surface area (Å²) in [6.45, 7) is 0.619. The molecule has 0 aliphatic rings. The second-order valence-electron chi connectivity index (χ2n) is 2.90. The molecule has 0 fully saturated rings. The number of methoxy groups -OCH3 is 1. The molecule has 0 aliphatic carbocycles. The summed E-state index contributed by atoms with van der Waals surface area (Å²) in [5, 5.41) is 9.14. The third kappa shape index (κ3) is 1.92. The molecule has 0 bridgehead atoms. The largest absolute Gasteiger partial charge is 0.504 e. The zero-order valence-electron chi connectivity index (χ0n) is 7.64. The van der Waals surface area contributed by atoms with Crippen LogP contribution in [0.3, 0.4) is 0 Å². The number of hydrogen-bond acceptors (Lipinski definition) is 2. The Labute approximate surface area is 78.9 Å². The lowest BCUT2D eigenvalue weighted by Crippen LogP contribution is -2.07. The van der Waals surface area contributed by atoms with Gasteiger partial charge in [-0.05, 0) is 12.1 Å². The van der Waals surface area contributed by atoms with Gasteiger partial charge >= 0.3 is 0 Å². The summed E-state index contributed by atoms with van der Waals surface area (Å²) in [5.41, 5.74) is -0.590. The molecule has 5 heteroatoms. The molecule has 0 unspecified atom stereocenters. The van der Waals surface area contributed by atoms with Crippen LogP contribution in [0.5, 0.6) is 11.5 Å². The maximum Gasteiger partial charge on any atom is 0.270 e. The van der Waals surface area contributed by atoms with Crippen molar-refractivity contribution in [2.45, 2.75) is 12.8 Å². The summed E-state index contributed by atoms with van der Waals surface area (Å²) >= 11 is 0. The van der Waals surface area contributed by atoms with Crippen LogP contribution in [0.15, 0.2) is 12.1 Å². The molecule has 0 aromatic heterocycles. The predicted octanol–water partition coefficient (Wildman–Crippen LogP) is 2.65. The van der Waals surface area contributed by atoms with E-state index in [-0.39, 0.29) is 0 Å². The Balaban J connectivity index is 3.28. The molecule has 0 amide bonds. The molecule has 0 heterocycles. The Bertz CT molecular complexity index is 321. The number of halogens is 3. The van der Waals surface area contributed by atoms with E-state index in [9.17, 15) is 13.2 Å². The van der Waals surface area contributed by atoms with Crippen molar-refractivity contribution in [3.63, 3.8) is 0 Å². The molecule has 14 heavy (non-hydrogen) atoms. The highest BCUT2D eigenvalue weighted by Gasteiger charge is 2.27. The third-order valence-corrected chi connectivity index (χ3v) is 1.74. The van der Waals surface area contributed by atoms with E-state index in [0.717, 1.165) is 13.2 Å². The number of rotatable bonds is 2. The van der Waals surface area contributed by atoms with Gasteiger partial charge in [-0.1, -0.05) is 0 Å². The molecular weight excluding hydrogens is 197 g/mol. The fraction of sp³-hybridized carbons (Fsp3) is 0.333. The van der Waals surface area contributed by atoms with Crippen molar-refractivity contribution in [3.05, 3.63) is 23.5 Å². The molecule has 0 radical (unpaired) electrons. The van der Waals surface area contributed by atoms with Gasteiger partial charge in [-0.25, -0.2) is 13.2 Å². The Kier molecular flexibility index (Phi) is 2.59. The van der Waals surface area contributed by atoms with Crippen LogP contribution in [0.4, 0.5) is 13.2 Å². The Morgan fingerprint density at radius 2 is 1.93 bits per heavy atom. The monoisotopic (exact) mass is 206 g/mol. The van der Waals surface area contributed by atoms with Crippen molar-refractivity contribution < 1.29 is 23.0 Å². The summed E-state index contributed by atoms with van der Waals surface area (Å²) < 4.78 is 43.0. The molecule has 78 valence electrons. The molecule has 0 saturated heterocycles. The van der Waals surface area contributed by atoms with Gasteiger partial charge in [0, 0.05) is 12.5 Å². The number of phenols is 1. The fourth-order valence-electron chi connectivity index (χ4n) is 1.03. The molecule has 0 aliphatic heterocycles. The van der Waals surface area contributed by atoms with Crippen molar-refractivity contribution in [2.75, 3.05) is 7.11 Å². The first-order valence-electron chi connectivity index (χ1n) is 3.81. The quantitative estimate of drug-likeness (QED) is 0.805. The second kappa shape index (κ2) is 3.40. The lowest BCUT2D eigenvalue weighted by molar-refractivity contribution is 0.0168. The van der Waals surface area contributed by atoms with Gasteiger partial charge in [0.05, 0.1) is 7.11 Å². The van der Waals surface area contributed by atoms with Crippen LogP contribution in [0.2, 0.25) is 0 Å². The smallest absolute Gasteiger partial charge is 0.270 e. The number of alkyl halides is 2. The number of hydrogen-bond donors (Lipinski definition) is 1. The van der Waals surface area contributed by atoms with E-state index < -0.39 is 28.8 Å². The lowest BCUT2D eigenvalue weighted by atomic mass is 10.1. The maximum atomic E-state index is 13.0. The third-order valence-electron chi connectivity index (χ3n) is 1.74. The van der Waals surface area contributed by atoms with Gasteiger partial charge < -0.3 is 9.84 Å². The van der Waals surface area contributed by atoms with Gasteiger partial charge in [0.2, 0.25) is 0 Å². The first-order valence-corrected chi connectivity index (χ1v) is 3.81. The van der Waals surface area contributed by atoms with E-state index in [2.05, 4.69) is 4.74 Å². The normalized spacial score (nSPS) is 11.5. The highest BCUT2D eigenvalue weighted by Crippen LogP contribution is 2.36. The van der Waals surface area contributed by atoms with Crippen molar-refractivity contribution in [1.82, 2.24) is 0 Å². The van der Waals surface area contributed by atoms with E-state index >= 15 is 0 Å². The number of phenolic OH excluding ortho intramolecular Hbond substituents is 1. The molecule has 0 atom stereocenters. The van der Waals surface area contributed by atoms with E-state index in [0.29, 0.717) is 13.0 Å². The molecule has 1 N–H and O–H groups in total. The van der Waals surface area contributed by atoms with Crippen molar-refractivity contribution in [1.29, 1.82) is 0 Å². The number of aromatic hydroxyl groups is 1. The molecule has 1 aromatic rings. The standard InChI is InChI=1S/C9H9F3O2/c1-9(11,12)5-3-6(10)8(14-2)7(13)4-5/h3-4,13H,1-2H3. The minimum absolute atomic E-state index is 0.432. The molecule has 1 aromatic carbocycles. The summed E-state index contributed by atoms with van der Waals surface area (Å²) in [7, 11) is 1.14. The fourth-order valence-corrected chi connectivity index (χ4v) is 1.03. The van der Waals surface area contributed by atoms with Crippen LogP contribution >= 0.6 is 0 Å². The van der Waals surface area contributed by atoms with Crippen LogP contribution in [0.1, 0.15) is 12.5 Å². The minimum Gasteiger partial charge on any atom is -0.504 e. The Morgan fingerprint density at radius 3 is 2.29 bits per heavy atom. The SMILES string of the molecule is COc1c(O)cc(C(C)(F)F)cc1F. The molecule has 1 rings (SSSR count). The first-order chi connectivity index (χ1) is 6.36. The number of ether oxygens (including phenoxy) is 1. The Hall–Kier alpha value is -1.39. The molecule has 0 saturated carbocycles. The highest BCUT2D eigenvalue weighted by molar-refractivity contribution is 5.44. The van der Waals surface area contributed by atoms with Gasteiger partial charge in [0.15, 0.2) is 17.3 Å². The first kappa shape index (κ1) is 10.7. The topological polar surface area (TPSA) is 29.5 Å². The molecular formula is C9H9F3O2. The van der Waals surface area contributed by atoms with Crippen LogP contribution < -0.4 is 4.74 Å². The van der Waals surface area contributed by atoms with Gasteiger partial charge in [0.1, 0.15) is 0 Å². The van der Waals surface area contributed by atoms with Crippen LogP contribution in [-0.2, 0) is 5.92 Å². The Morgan fingerprint density at radius 1 is 1.36 bits per heavy atom. The zero-order valence-corrected chi connectivity index (χ0v) is 7.64. The van der Waals surface area contributed by atoms with E-state index in [4.69, 9.17) is 5.11 Å². The minimum atomic E-state index is -3.19. The second-order valence-corrected chi connectivity index (χ2v) is 2.90. The molecule has 2 nitrogen and oxygen atoms in total. The summed E-state index contributed by atoms with van der Waals surface area (Å²) in [5.74, 6) is -5.27. The van der Waals surface area contributed by atoms with Gasteiger partial charge in [-0.2, -0.15) is 0 Å². The van der Waals surface area contributed by atoms with Crippen molar-refractivity contribution >= 4 is 0 Å². The van der Waals surface area contributed by atoms with E-state index in [1.54, 1.807) is 0 Å². The zero-order chi connectivity index (χ0) is 10.9. The van der Waals surface area contributed by atoms with Gasteiger partial charge in [-0.15, -0.1) is 0 Å². The molecule has 0 spiro atoms. The average Bonchev–Trinajstić information content (AvgIpc) is 2.01. The summed E-state index contributed by atoms with van der Waals surface area (Å²) in [6, 6.07) is 1.42.